The average molecular weight is 431 g/mol. The van der Waals surface area contributed by atoms with E-state index in [2.05, 4.69) is 27.8 Å². The van der Waals surface area contributed by atoms with Gasteiger partial charge in [-0.3, -0.25) is 4.99 Å². The van der Waals surface area contributed by atoms with E-state index in [9.17, 15) is 0 Å². The van der Waals surface area contributed by atoms with E-state index < -0.39 is 0 Å². The van der Waals surface area contributed by atoms with Crippen molar-refractivity contribution in [3.8, 4) is 5.75 Å². The summed E-state index contributed by atoms with van der Waals surface area (Å²) in [4.78, 5) is 4.32. The Morgan fingerprint density at radius 3 is 2.39 bits per heavy atom. The molecule has 2 rings (SSSR count). The summed E-state index contributed by atoms with van der Waals surface area (Å²) in [6.45, 7) is 4.85. The van der Waals surface area contributed by atoms with Crippen molar-refractivity contribution in [1.29, 1.82) is 0 Å². The number of rotatable bonds is 5. The lowest BCUT2D eigenvalue weighted by Gasteiger charge is -2.24. The van der Waals surface area contributed by atoms with E-state index in [1.165, 1.54) is 37.7 Å². The van der Waals surface area contributed by atoms with Crippen LogP contribution in [0.25, 0.3) is 0 Å². The maximum atomic E-state index is 5.66. The van der Waals surface area contributed by atoms with Gasteiger partial charge in [-0.15, -0.1) is 24.0 Å². The summed E-state index contributed by atoms with van der Waals surface area (Å²) in [7, 11) is 1.83. The number of halogens is 1. The minimum Gasteiger partial charge on any atom is -0.491 e. The number of aliphatic imine (C=N–C) groups is 1. The van der Waals surface area contributed by atoms with Crippen molar-refractivity contribution < 1.29 is 4.74 Å². The van der Waals surface area contributed by atoms with Gasteiger partial charge in [-0.1, -0.05) is 31.4 Å². The molecule has 5 heteroatoms. The third-order valence-corrected chi connectivity index (χ3v) is 3.92. The maximum absolute atomic E-state index is 5.66. The van der Waals surface area contributed by atoms with E-state index in [0.717, 1.165) is 18.3 Å². The fourth-order valence-corrected chi connectivity index (χ4v) is 2.78. The molecule has 1 aromatic rings. The number of hydrogen-bond acceptors (Lipinski definition) is 2. The second-order valence-corrected chi connectivity index (χ2v) is 6.22. The smallest absolute Gasteiger partial charge is 0.191 e. The molecule has 1 aliphatic carbocycles. The first kappa shape index (κ1) is 20.1. The van der Waals surface area contributed by atoms with E-state index in [1.807, 2.05) is 33.0 Å². The van der Waals surface area contributed by atoms with E-state index in [1.54, 1.807) is 0 Å². The second kappa shape index (κ2) is 10.7. The van der Waals surface area contributed by atoms with Crippen molar-refractivity contribution >= 4 is 29.9 Å². The highest BCUT2D eigenvalue weighted by molar-refractivity contribution is 14.0. The van der Waals surface area contributed by atoms with Crippen molar-refractivity contribution in [1.82, 2.24) is 10.6 Å². The lowest BCUT2D eigenvalue weighted by Crippen LogP contribution is -2.43. The maximum Gasteiger partial charge on any atom is 0.191 e. The van der Waals surface area contributed by atoms with E-state index in [-0.39, 0.29) is 30.1 Å². The van der Waals surface area contributed by atoms with Gasteiger partial charge in [0.2, 0.25) is 0 Å². The first-order chi connectivity index (χ1) is 10.7. The number of guanidine groups is 1. The van der Waals surface area contributed by atoms with Gasteiger partial charge in [0.25, 0.3) is 0 Å². The van der Waals surface area contributed by atoms with Crippen LogP contribution in [0, 0.1) is 0 Å². The van der Waals surface area contributed by atoms with E-state index in [0.29, 0.717) is 6.04 Å². The van der Waals surface area contributed by atoms with Crippen LogP contribution < -0.4 is 15.4 Å². The number of nitrogens with zero attached hydrogens (tertiary/aromatic N) is 1. The largest absolute Gasteiger partial charge is 0.491 e. The first-order valence-electron chi connectivity index (χ1n) is 8.40. The summed E-state index contributed by atoms with van der Waals surface area (Å²) >= 11 is 0. The molecule has 0 amide bonds. The highest BCUT2D eigenvalue weighted by Crippen LogP contribution is 2.17. The Kier molecular flexibility index (Phi) is 9.36. The molecule has 4 nitrogen and oxygen atoms in total. The van der Waals surface area contributed by atoms with Crippen molar-refractivity contribution in [2.45, 2.75) is 64.6 Å². The molecule has 0 bridgehead atoms. The summed E-state index contributed by atoms with van der Waals surface area (Å²) in [5.74, 6) is 1.82. The first-order valence-corrected chi connectivity index (χ1v) is 8.40. The SMILES string of the molecule is CN=C(NCc1ccc(OC(C)C)cc1)NC1CCCCC1.I. The molecule has 1 saturated carbocycles. The van der Waals surface area contributed by atoms with Gasteiger partial charge < -0.3 is 15.4 Å². The topological polar surface area (TPSA) is 45.7 Å². The predicted octanol–water partition coefficient (Wildman–Crippen LogP) is 4.09. The Bertz CT molecular complexity index is 468. The Hall–Kier alpha value is -0.980. The highest BCUT2D eigenvalue weighted by atomic mass is 127. The second-order valence-electron chi connectivity index (χ2n) is 6.22. The lowest BCUT2D eigenvalue weighted by molar-refractivity contribution is 0.242. The van der Waals surface area contributed by atoms with Crippen LogP contribution >= 0.6 is 24.0 Å². The Morgan fingerprint density at radius 1 is 1.17 bits per heavy atom. The molecule has 1 fully saturated rings. The van der Waals surface area contributed by atoms with Gasteiger partial charge in [0, 0.05) is 19.6 Å². The predicted molar refractivity (Wildman–Crippen MR) is 108 cm³/mol. The van der Waals surface area contributed by atoms with E-state index >= 15 is 0 Å². The zero-order valence-corrected chi connectivity index (χ0v) is 16.8. The van der Waals surface area contributed by atoms with E-state index in [4.69, 9.17) is 4.74 Å². The fourth-order valence-electron chi connectivity index (χ4n) is 2.78. The zero-order valence-electron chi connectivity index (χ0n) is 14.5. The molecular formula is C18H30IN3O. The highest BCUT2D eigenvalue weighted by Gasteiger charge is 2.14. The molecule has 0 aromatic heterocycles. The third kappa shape index (κ3) is 7.42. The summed E-state index contributed by atoms with van der Waals surface area (Å²) in [6, 6.07) is 8.81. The Balaban J connectivity index is 0.00000264. The van der Waals surface area contributed by atoms with Crippen LogP contribution in [0.5, 0.6) is 5.75 Å². The van der Waals surface area contributed by atoms with Crippen molar-refractivity contribution in [3.05, 3.63) is 29.8 Å². The average Bonchev–Trinajstić information content (AvgIpc) is 2.53. The molecule has 0 aliphatic heterocycles. The van der Waals surface area contributed by atoms with Crippen LogP contribution in [0.4, 0.5) is 0 Å². The van der Waals surface area contributed by atoms with Crippen LogP contribution in [0.2, 0.25) is 0 Å². The Labute approximate surface area is 157 Å². The van der Waals surface area contributed by atoms with Gasteiger partial charge in [0.15, 0.2) is 5.96 Å². The molecule has 2 N–H and O–H groups in total. The molecule has 0 heterocycles. The molecule has 0 atom stereocenters. The molecule has 23 heavy (non-hydrogen) atoms. The van der Waals surface area contributed by atoms with Gasteiger partial charge >= 0.3 is 0 Å². The monoisotopic (exact) mass is 431 g/mol. The summed E-state index contributed by atoms with van der Waals surface area (Å²) < 4.78 is 5.66. The van der Waals surface area contributed by atoms with Gasteiger partial charge in [-0.2, -0.15) is 0 Å². The summed E-state index contributed by atoms with van der Waals surface area (Å²) in [5, 5.41) is 6.92. The van der Waals surface area contributed by atoms with Crippen molar-refractivity contribution in [3.63, 3.8) is 0 Å². The molecule has 1 aromatic carbocycles. The third-order valence-electron chi connectivity index (χ3n) is 3.92. The van der Waals surface area contributed by atoms with Crippen LogP contribution in [0.15, 0.2) is 29.3 Å². The lowest BCUT2D eigenvalue weighted by atomic mass is 9.96. The zero-order chi connectivity index (χ0) is 15.8. The quantitative estimate of drug-likeness (QED) is 0.420. The van der Waals surface area contributed by atoms with Crippen LogP contribution in [-0.4, -0.2) is 25.2 Å². The molecular weight excluding hydrogens is 401 g/mol. The number of hydrogen-bond donors (Lipinski definition) is 2. The van der Waals surface area contributed by atoms with Crippen molar-refractivity contribution in [2.24, 2.45) is 4.99 Å². The Morgan fingerprint density at radius 2 is 1.83 bits per heavy atom. The summed E-state index contributed by atoms with van der Waals surface area (Å²) in [5.41, 5.74) is 1.22. The van der Waals surface area contributed by atoms with Crippen LogP contribution in [-0.2, 0) is 6.54 Å². The normalized spacial score (nSPS) is 15.9. The molecule has 0 radical (unpaired) electrons. The van der Waals surface area contributed by atoms with Crippen LogP contribution in [0.3, 0.4) is 0 Å². The summed E-state index contributed by atoms with van der Waals surface area (Å²) in [6.07, 6.45) is 6.74. The van der Waals surface area contributed by atoms with Gasteiger partial charge in [0.1, 0.15) is 5.75 Å². The molecule has 0 saturated heterocycles. The van der Waals surface area contributed by atoms with Crippen molar-refractivity contribution in [2.75, 3.05) is 7.05 Å². The fraction of sp³-hybridized carbons (Fsp3) is 0.611. The molecule has 0 unspecified atom stereocenters. The molecule has 130 valence electrons. The number of nitrogens with one attached hydrogen (secondary N) is 2. The molecule has 0 spiro atoms. The number of ether oxygens (including phenoxy) is 1. The van der Waals surface area contributed by atoms with Gasteiger partial charge in [0.05, 0.1) is 6.10 Å². The minimum atomic E-state index is 0. The molecule has 1 aliphatic rings. The number of benzene rings is 1. The van der Waals surface area contributed by atoms with Gasteiger partial charge in [-0.05, 0) is 44.4 Å². The van der Waals surface area contributed by atoms with Crippen LogP contribution in [0.1, 0.15) is 51.5 Å². The standard InChI is InChI=1S/C18H29N3O.HI/c1-14(2)22-17-11-9-15(10-12-17)13-20-18(19-3)21-16-7-5-4-6-8-16;/h9-12,14,16H,4-8,13H2,1-3H3,(H2,19,20,21);1H. The van der Waals surface area contributed by atoms with Gasteiger partial charge in [-0.25, -0.2) is 0 Å². The minimum absolute atomic E-state index is 0.